The van der Waals surface area contributed by atoms with Crippen molar-refractivity contribution in [3.8, 4) is 0 Å². The van der Waals surface area contributed by atoms with E-state index in [9.17, 15) is 4.79 Å². The molecule has 1 aliphatic heterocycles. The van der Waals surface area contributed by atoms with E-state index in [1.165, 1.54) is 0 Å². The highest BCUT2D eigenvalue weighted by Crippen LogP contribution is 2.28. The molecule has 3 heterocycles. The summed E-state index contributed by atoms with van der Waals surface area (Å²) in [5, 5.41) is 7.89. The maximum atomic E-state index is 12.7. The van der Waals surface area contributed by atoms with Gasteiger partial charge in [0.25, 0.3) is 5.56 Å². The quantitative estimate of drug-likeness (QED) is 0.791. The fourth-order valence-electron chi connectivity index (χ4n) is 3.19. The van der Waals surface area contributed by atoms with E-state index < -0.39 is 0 Å². The molecule has 0 spiro atoms. The lowest BCUT2D eigenvalue weighted by atomic mass is 10.1. The lowest BCUT2D eigenvalue weighted by Crippen LogP contribution is -2.25. The summed E-state index contributed by atoms with van der Waals surface area (Å²) in [6.45, 7) is 6.00. The second-order valence-electron chi connectivity index (χ2n) is 5.84. The third-order valence-electron chi connectivity index (χ3n) is 4.41. The van der Waals surface area contributed by atoms with Gasteiger partial charge in [0.1, 0.15) is 5.69 Å². The summed E-state index contributed by atoms with van der Waals surface area (Å²) in [5.74, 6) is 2.14. The van der Waals surface area contributed by atoms with Crippen LogP contribution in [0.2, 0.25) is 0 Å². The third kappa shape index (κ3) is 2.16. The topological polar surface area (TPSA) is 67.5 Å². The van der Waals surface area contributed by atoms with E-state index in [1.54, 1.807) is 4.57 Å². The smallest absolute Gasteiger partial charge is 0.280 e. The normalized spacial score (nSPS) is 13.3. The number of benzene rings is 1. The molecule has 1 N–H and O–H groups in total. The average molecular weight is 324 g/mol. The van der Waals surface area contributed by atoms with Crippen molar-refractivity contribution in [2.45, 2.75) is 26.8 Å². The first-order valence-electron chi connectivity index (χ1n) is 8.28. The molecule has 4 rings (SSSR count). The van der Waals surface area contributed by atoms with Gasteiger partial charge in [-0.25, -0.2) is 0 Å². The zero-order valence-corrected chi connectivity index (χ0v) is 13.9. The van der Waals surface area contributed by atoms with Crippen molar-refractivity contribution in [2.24, 2.45) is 0 Å². The number of hydrogen-bond donors (Lipinski definition) is 1. The van der Waals surface area contributed by atoms with Crippen molar-refractivity contribution in [2.75, 3.05) is 23.4 Å². The SMILES string of the molecule is CCN1CNc2c1n1nc(Cc3ccccc3)nc1n(CC)c2=O. The number of nitrogens with one attached hydrogen (secondary N) is 1. The van der Waals surface area contributed by atoms with E-state index >= 15 is 0 Å². The number of aryl methyl sites for hydroxylation is 1. The van der Waals surface area contributed by atoms with Crippen LogP contribution in [0, 0.1) is 0 Å². The van der Waals surface area contributed by atoms with E-state index in [0.717, 1.165) is 23.8 Å². The van der Waals surface area contributed by atoms with Crippen molar-refractivity contribution in [3.63, 3.8) is 0 Å². The Morgan fingerprint density at radius 3 is 2.67 bits per heavy atom. The van der Waals surface area contributed by atoms with E-state index in [-0.39, 0.29) is 5.56 Å². The minimum absolute atomic E-state index is 0.0328. The average Bonchev–Trinajstić information content (AvgIpc) is 3.20. The molecule has 0 bridgehead atoms. The van der Waals surface area contributed by atoms with Gasteiger partial charge in [0, 0.05) is 19.5 Å². The zero-order valence-electron chi connectivity index (χ0n) is 13.9. The molecular weight excluding hydrogens is 304 g/mol. The fraction of sp³-hybridized carbons (Fsp3) is 0.353. The van der Waals surface area contributed by atoms with E-state index in [1.807, 2.05) is 29.6 Å². The van der Waals surface area contributed by atoms with E-state index in [4.69, 9.17) is 5.10 Å². The highest BCUT2D eigenvalue weighted by molar-refractivity contribution is 5.72. The highest BCUT2D eigenvalue weighted by atomic mass is 16.1. The third-order valence-corrected chi connectivity index (χ3v) is 4.41. The van der Waals surface area contributed by atoms with Gasteiger partial charge in [-0.15, -0.1) is 5.10 Å². The maximum Gasteiger partial charge on any atom is 0.280 e. The van der Waals surface area contributed by atoms with Gasteiger partial charge >= 0.3 is 0 Å². The van der Waals surface area contributed by atoms with Gasteiger partial charge < -0.3 is 10.2 Å². The van der Waals surface area contributed by atoms with Crippen molar-refractivity contribution in [1.82, 2.24) is 19.2 Å². The van der Waals surface area contributed by atoms with Gasteiger partial charge in [-0.05, 0) is 19.4 Å². The van der Waals surface area contributed by atoms with Crippen LogP contribution in [-0.4, -0.2) is 32.4 Å². The number of fused-ring (bicyclic) bond motifs is 3. The molecule has 0 aliphatic carbocycles. The van der Waals surface area contributed by atoms with Gasteiger partial charge in [0.05, 0.1) is 6.67 Å². The molecular formula is C17H20N6O. The molecule has 7 nitrogen and oxygen atoms in total. The summed E-state index contributed by atoms with van der Waals surface area (Å²) in [6.07, 6.45) is 0.648. The molecule has 1 aromatic carbocycles. The van der Waals surface area contributed by atoms with Crippen LogP contribution < -0.4 is 15.8 Å². The van der Waals surface area contributed by atoms with Crippen molar-refractivity contribution in [1.29, 1.82) is 0 Å². The Morgan fingerprint density at radius 2 is 1.96 bits per heavy atom. The monoisotopic (exact) mass is 324 g/mol. The number of rotatable bonds is 4. The number of nitrogens with zero attached hydrogens (tertiary/aromatic N) is 5. The summed E-state index contributed by atoms with van der Waals surface area (Å²) in [6, 6.07) is 10.1. The molecule has 0 radical (unpaired) electrons. The molecule has 0 unspecified atom stereocenters. The first kappa shape index (κ1) is 14.7. The molecule has 124 valence electrons. The molecule has 3 aromatic rings. The minimum atomic E-state index is -0.0328. The van der Waals surface area contributed by atoms with E-state index in [0.29, 0.717) is 31.1 Å². The Bertz CT molecular complexity index is 943. The highest BCUT2D eigenvalue weighted by Gasteiger charge is 2.27. The van der Waals surface area contributed by atoms with E-state index in [2.05, 4.69) is 34.3 Å². The number of aromatic nitrogens is 4. The van der Waals surface area contributed by atoms with Crippen LogP contribution in [0.3, 0.4) is 0 Å². The van der Waals surface area contributed by atoms with Gasteiger partial charge in [-0.1, -0.05) is 30.3 Å². The predicted molar refractivity (Wildman–Crippen MR) is 93.7 cm³/mol. The molecule has 24 heavy (non-hydrogen) atoms. The van der Waals surface area contributed by atoms with Gasteiger partial charge in [-0.2, -0.15) is 9.50 Å². The lowest BCUT2D eigenvalue weighted by molar-refractivity contribution is 0.716. The van der Waals surface area contributed by atoms with Crippen LogP contribution in [0.4, 0.5) is 11.5 Å². The van der Waals surface area contributed by atoms with Crippen molar-refractivity contribution in [3.05, 3.63) is 52.1 Å². The molecule has 0 fully saturated rings. The number of anilines is 2. The summed E-state index contributed by atoms with van der Waals surface area (Å²) >= 11 is 0. The van der Waals surface area contributed by atoms with Crippen molar-refractivity contribution >= 4 is 17.3 Å². The van der Waals surface area contributed by atoms with Crippen LogP contribution in [0.25, 0.3) is 5.78 Å². The molecule has 2 aromatic heterocycles. The van der Waals surface area contributed by atoms with Crippen LogP contribution >= 0.6 is 0 Å². The Balaban J connectivity index is 1.90. The number of hydrogen-bond acceptors (Lipinski definition) is 5. The molecule has 0 amide bonds. The summed E-state index contributed by atoms with van der Waals surface area (Å²) in [7, 11) is 0. The minimum Gasteiger partial charge on any atom is -0.360 e. The maximum absolute atomic E-state index is 12.7. The van der Waals surface area contributed by atoms with Gasteiger partial charge in [0.2, 0.25) is 5.78 Å². The van der Waals surface area contributed by atoms with Gasteiger partial charge in [-0.3, -0.25) is 9.36 Å². The first-order valence-corrected chi connectivity index (χ1v) is 8.28. The van der Waals surface area contributed by atoms with Crippen LogP contribution in [-0.2, 0) is 13.0 Å². The molecule has 0 saturated heterocycles. The van der Waals surface area contributed by atoms with Crippen LogP contribution in [0.5, 0.6) is 0 Å². The fourth-order valence-corrected chi connectivity index (χ4v) is 3.19. The Labute approximate surface area is 139 Å². The van der Waals surface area contributed by atoms with Crippen LogP contribution in [0.1, 0.15) is 25.2 Å². The lowest BCUT2D eigenvalue weighted by Gasteiger charge is -2.16. The zero-order chi connectivity index (χ0) is 16.7. The standard InChI is InChI=1S/C17H20N6O/c1-3-21-11-18-14-15(21)23-17(22(4-2)16(14)24)19-13(20-23)10-12-8-6-5-7-9-12/h5-9,18H,3-4,10-11H2,1-2H3. The molecule has 0 atom stereocenters. The first-order chi connectivity index (χ1) is 11.7. The van der Waals surface area contributed by atoms with Gasteiger partial charge in [0.15, 0.2) is 11.6 Å². The predicted octanol–water partition coefficient (Wildman–Crippen LogP) is 1.71. The molecule has 0 saturated carbocycles. The second kappa shape index (κ2) is 5.67. The molecule has 7 heteroatoms. The Hall–Kier alpha value is -2.83. The summed E-state index contributed by atoms with van der Waals surface area (Å²) in [4.78, 5) is 19.5. The van der Waals surface area contributed by atoms with Crippen LogP contribution in [0.15, 0.2) is 35.1 Å². The Morgan fingerprint density at radius 1 is 1.17 bits per heavy atom. The summed E-state index contributed by atoms with van der Waals surface area (Å²) in [5.41, 5.74) is 1.73. The molecule has 1 aliphatic rings. The second-order valence-corrected chi connectivity index (χ2v) is 5.84. The van der Waals surface area contributed by atoms with Crippen molar-refractivity contribution < 1.29 is 0 Å². The summed E-state index contributed by atoms with van der Waals surface area (Å²) < 4.78 is 3.48. The largest absolute Gasteiger partial charge is 0.360 e. The Kier molecular flexibility index (Phi) is 3.48.